The van der Waals surface area contributed by atoms with Crippen molar-refractivity contribution in [2.45, 2.75) is 0 Å². The van der Waals surface area contributed by atoms with Gasteiger partial charge < -0.3 is 4.90 Å². The van der Waals surface area contributed by atoms with E-state index in [1.807, 2.05) is 11.3 Å². The van der Waals surface area contributed by atoms with E-state index in [-0.39, 0.29) is 0 Å². The summed E-state index contributed by atoms with van der Waals surface area (Å²) in [6.07, 6.45) is 8.69. The summed E-state index contributed by atoms with van der Waals surface area (Å²) in [6, 6.07) is 51.9. The average molecular weight is 666 g/mol. The summed E-state index contributed by atoms with van der Waals surface area (Å²) >= 11 is 1.87. The van der Waals surface area contributed by atoms with Gasteiger partial charge in [0.1, 0.15) is 0 Å². The van der Waals surface area contributed by atoms with E-state index < -0.39 is 0 Å². The molecule has 1 aliphatic heterocycles. The fourth-order valence-electron chi connectivity index (χ4n) is 8.80. The quantitative estimate of drug-likeness (QED) is 0.178. The highest BCUT2D eigenvalue weighted by Crippen LogP contribution is 2.51. The lowest BCUT2D eigenvalue weighted by Gasteiger charge is -2.29. The molecule has 1 aliphatic carbocycles. The topological polar surface area (TPSA) is 3.24 Å². The third-order valence-electron chi connectivity index (χ3n) is 11.0. The van der Waals surface area contributed by atoms with Crippen molar-refractivity contribution in [3.05, 3.63) is 176 Å². The number of rotatable bonds is 2. The van der Waals surface area contributed by atoms with E-state index in [4.69, 9.17) is 0 Å². The minimum atomic E-state index is 0.738. The van der Waals surface area contributed by atoms with Crippen molar-refractivity contribution in [2.75, 3.05) is 11.4 Å². The van der Waals surface area contributed by atoms with Gasteiger partial charge in [-0.3, -0.25) is 0 Å². The Bertz CT molecular complexity index is 3000. The Hall–Kier alpha value is -6.22. The normalized spacial score (nSPS) is 14.9. The van der Waals surface area contributed by atoms with Crippen molar-refractivity contribution in [3.8, 4) is 33.4 Å². The number of thiophene rings is 1. The highest BCUT2D eigenvalue weighted by molar-refractivity contribution is 7.26. The third kappa shape index (κ3) is 4.08. The Morgan fingerprint density at radius 2 is 1.08 bits per heavy atom. The summed E-state index contributed by atoms with van der Waals surface area (Å²) in [7, 11) is 0. The van der Waals surface area contributed by atoms with E-state index >= 15 is 0 Å². The molecule has 8 aromatic carbocycles. The maximum Gasteiger partial charge on any atom is 0.0499 e. The van der Waals surface area contributed by atoms with E-state index in [2.05, 4.69) is 175 Å². The number of hydrogen-bond donors (Lipinski definition) is 0. The molecule has 0 radical (unpaired) electrons. The summed E-state index contributed by atoms with van der Waals surface area (Å²) in [5.41, 5.74) is 12.4. The first-order valence-corrected chi connectivity index (χ1v) is 18.4. The zero-order chi connectivity index (χ0) is 33.6. The molecular formula is C49H31NS. The van der Waals surface area contributed by atoms with E-state index in [1.54, 1.807) is 0 Å². The van der Waals surface area contributed by atoms with Gasteiger partial charge in [0.05, 0.1) is 0 Å². The highest BCUT2D eigenvalue weighted by Gasteiger charge is 2.25. The van der Waals surface area contributed by atoms with Crippen molar-refractivity contribution in [1.29, 1.82) is 0 Å². The Morgan fingerprint density at radius 1 is 0.431 bits per heavy atom. The number of anilines is 2. The minimum absolute atomic E-state index is 0.738. The van der Waals surface area contributed by atoms with Crippen LogP contribution in [0.3, 0.4) is 0 Å². The molecule has 0 N–H and O–H groups in total. The van der Waals surface area contributed by atoms with Crippen LogP contribution in [0.2, 0.25) is 0 Å². The summed E-state index contributed by atoms with van der Waals surface area (Å²) in [4.78, 5) is 2.48. The SMILES string of the molecule is C=C1/C=C\C=C/CN(c2ccc(-c3ccc4c5c(cccc35)-c3ccccc3-4)c3ccccc23)c2ccc3c(ccc4sc5ccccc5c43)c21. The van der Waals surface area contributed by atoms with Crippen LogP contribution in [0.5, 0.6) is 0 Å². The van der Waals surface area contributed by atoms with Crippen LogP contribution in [-0.4, -0.2) is 6.54 Å². The van der Waals surface area contributed by atoms with E-state index in [1.165, 1.54) is 103 Å². The van der Waals surface area contributed by atoms with Gasteiger partial charge in [-0.25, -0.2) is 0 Å². The standard InChI is InChI=1S/C49H31NS/c1-30-12-3-2-10-29-50(44-27-24-41-40(47(30)44)25-28-46-49(41)42-17-8-9-20-45(42)51-46)43-26-23-34(31-13-6-7-16-36(31)43)35-21-22-39-33-15-5-4-14-32(33)37-18-11-19-38(35)48(37)39/h2-28H,1,29H2/b10-2-,12-3-. The predicted molar refractivity (Wildman–Crippen MR) is 222 cm³/mol. The lowest BCUT2D eigenvalue weighted by Crippen LogP contribution is -2.18. The molecule has 0 amide bonds. The summed E-state index contributed by atoms with van der Waals surface area (Å²) in [5.74, 6) is 0. The summed E-state index contributed by atoms with van der Waals surface area (Å²) < 4.78 is 2.64. The predicted octanol–water partition coefficient (Wildman–Crippen LogP) is 14.1. The van der Waals surface area contributed by atoms with Crippen molar-refractivity contribution in [2.24, 2.45) is 0 Å². The van der Waals surface area contributed by atoms with Crippen molar-refractivity contribution >= 4 is 80.8 Å². The molecule has 0 saturated carbocycles. The van der Waals surface area contributed by atoms with E-state index in [0.29, 0.717) is 0 Å². The minimum Gasteiger partial charge on any atom is -0.337 e. The molecule has 1 nitrogen and oxygen atoms in total. The zero-order valence-corrected chi connectivity index (χ0v) is 28.7. The van der Waals surface area contributed by atoms with Crippen LogP contribution in [0, 0.1) is 0 Å². The molecule has 2 heterocycles. The first-order chi connectivity index (χ1) is 25.2. The summed E-state index contributed by atoms with van der Waals surface area (Å²) in [6.45, 7) is 5.38. The molecule has 0 saturated heterocycles. The number of fused-ring (bicyclic) bond motifs is 11. The lowest BCUT2D eigenvalue weighted by molar-refractivity contribution is 1.10. The molecule has 0 unspecified atom stereocenters. The smallest absolute Gasteiger partial charge is 0.0499 e. The fourth-order valence-corrected chi connectivity index (χ4v) is 9.92. The molecule has 0 spiro atoms. The molecule has 0 fully saturated rings. The number of hydrogen-bond acceptors (Lipinski definition) is 2. The van der Waals surface area contributed by atoms with Crippen LogP contribution in [0.25, 0.3) is 91.4 Å². The highest BCUT2D eigenvalue weighted by atomic mass is 32.1. The Morgan fingerprint density at radius 3 is 1.96 bits per heavy atom. The lowest BCUT2D eigenvalue weighted by atomic mass is 9.90. The van der Waals surface area contributed by atoms with Gasteiger partial charge >= 0.3 is 0 Å². The second-order valence-electron chi connectivity index (χ2n) is 13.6. The zero-order valence-electron chi connectivity index (χ0n) is 27.9. The van der Waals surface area contributed by atoms with E-state index in [0.717, 1.165) is 12.1 Å². The number of benzene rings is 8. The molecule has 11 rings (SSSR count). The van der Waals surface area contributed by atoms with Gasteiger partial charge in [0.25, 0.3) is 0 Å². The van der Waals surface area contributed by atoms with Gasteiger partial charge in [0.2, 0.25) is 0 Å². The van der Waals surface area contributed by atoms with Gasteiger partial charge in [-0.1, -0.05) is 146 Å². The van der Waals surface area contributed by atoms with Crippen LogP contribution >= 0.6 is 11.3 Å². The molecule has 9 aromatic rings. The molecule has 1 aromatic heterocycles. The molecule has 2 heteroatoms. The largest absolute Gasteiger partial charge is 0.337 e. The second-order valence-corrected chi connectivity index (χ2v) is 14.7. The molecule has 0 atom stereocenters. The van der Waals surface area contributed by atoms with Gasteiger partial charge in [-0.15, -0.1) is 11.3 Å². The third-order valence-corrected chi connectivity index (χ3v) is 12.1. The molecule has 51 heavy (non-hydrogen) atoms. The van der Waals surface area contributed by atoms with E-state index in [9.17, 15) is 0 Å². The van der Waals surface area contributed by atoms with Crippen LogP contribution in [0.4, 0.5) is 11.4 Å². The Kier molecular flexibility index (Phi) is 6.11. The average Bonchev–Trinajstić information content (AvgIpc) is 3.74. The molecule has 0 bridgehead atoms. The van der Waals surface area contributed by atoms with Gasteiger partial charge in [-0.05, 0) is 90.2 Å². The Labute approximate surface area is 300 Å². The molecular weight excluding hydrogens is 635 g/mol. The maximum absolute atomic E-state index is 4.64. The molecule has 2 aliphatic rings. The number of allylic oxidation sites excluding steroid dienone is 4. The molecule has 238 valence electrons. The van der Waals surface area contributed by atoms with Crippen LogP contribution < -0.4 is 4.90 Å². The van der Waals surface area contributed by atoms with Crippen LogP contribution in [0.1, 0.15) is 5.56 Å². The van der Waals surface area contributed by atoms with Gasteiger partial charge in [-0.2, -0.15) is 0 Å². The van der Waals surface area contributed by atoms with Crippen molar-refractivity contribution in [3.63, 3.8) is 0 Å². The Balaban J connectivity index is 1.14. The maximum atomic E-state index is 4.64. The fraction of sp³-hybridized carbons (Fsp3) is 0.0204. The van der Waals surface area contributed by atoms with Gasteiger partial charge in [0, 0.05) is 49.0 Å². The number of nitrogens with zero attached hydrogens (tertiary/aromatic N) is 1. The monoisotopic (exact) mass is 665 g/mol. The first-order valence-electron chi connectivity index (χ1n) is 17.6. The van der Waals surface area contributed by atoms with Gasteiger partial charge in [0.15, 0.2) is 0 Å². The van der Waals surface area contributed by atoms with Crippen molar-refractivity contribution < 1.29 is 0 Å². The summed E-state index contributed by atoms with van der Waals surface area (Å²) in [5, 5.41) is 10.3. The van der Waals surface area contributed by atoms with Crippen LogP contribution in [-0.2, 0) is 0 Å². The second kappa shape index (κ2) is 10.9. The van der Waals surface area contributed by atoms with Crippen molar-refractivity contribution in [1.82, 2.24) is 0 Å². The van der Waals surface area contributed by atoms with Crippen LogP contribution in [0.15, 0.2) is 170 Å². The first kappa shape index (κ1) is 28.6.